The molecule has 3 aliphatic rings. The van der Waals surface area contributed by atoms with E-state index in [-0.39, 0.29) is 67.5 Å². The van der Waals surface area contributed by atoms with Gasteiger partial charge in [0.05, 0.1) is 41.6 Å². The molecule has 0 amide bonds. The molecule has 49 heavy (non-hydrogen) atoms. The highest BCUT2D eigenvalue weighted by Gasteiger charge is 2.50. The average Bonchev–Trinajstić information content (AvgIpc) is 3.06. The highest BCUT2D eigenvalue weighted by atomic mass is 16.5. The summed E-state index contributed by atoms with van der Waals surface area (Å²) in [4.78, 5) is 37.8. The Kier molecular flexibility index (Phi) is 8.75. The maximum atomic E-state index is 13.1. The summed E-state index contributed by atoms with van der Waals surface area (Å²) in [7, 11) is 0. The molecule has 0 unspecified atom stereocenters. The smallest absolute Gasteiger partial charge is 0.201 e. The van der Waals surface area contributed by atoms with Gasteiger partial charge in [0, 0.05) is 17.0 Å². The number of hydrogen-bond donors (Lipinski definition) is 9. The van der Waals surface area contributed by atoms with Crippen LogP contribution in [-0.4, -0.2) is 100 Å². The highest BCUT2D eigenvalue weighted by molar-refractivity contribution is 6.30. The minimum Gasteiger partial charge on any atom is -0.507 e. The molecule has 0 saturated carbocycles. The SMILES string of the molecule is Cc1cc(O)c2c(c1)C(=O)c1cccc(O)c1C2=O.O=C1c2c(O)cccc2[C@@H]([C@@H]2O[C@H](CO)[C@@H](O)[C@H](O)[C@H]2O)c2cc(CO)cc(O)c21. The number of carbonyl (C=O) groups is 3. The fraction of sp³-hybridized carbons (Fsp3) is 0.250. The first-order valence-electron chi connectivity index (χ1n) is 15.2. The molecule has 4 aromatic rings. The van der Waals surface area contributed by atoms with Crippen molar-refractivity contribution in [1.82, 2.24) is 0 Å². The summed E-state index contributed by atoms with van der Waals surface area (Å²) in [5, 5.41) is 90.6. The Balaban J connectivity index is 0.000000188. The molecule has 0 spiro atoms. The second-order valence-corrected chi connectivity index (χ2v) is 12.1. The molecule has 1 fully saturated rings. The van der Waals surface area contributed by atoms with E-state index >= 15 is 0 Å². The van der Waals surface area contributed by atoms with Gasteiger partial charge in [-0.15, -0.1) is 0 Å². The number of phenols is 4. The van der Waals surface area contributed by atoms with Crippen LogP contribution in [0, 0.1) is 6.92 Å². The standard InChI is InChI=1S/C21H22O9.C15H10O4/c22-6-8-4-10-14(21-20(29)19(28)17(26)13(7-23)30-21)9-2-1-3-11(24)15(9)18(27)16(10)12(25)5-8;1-7-5-9-13(11(17)6-7)15(19)12-8(14(9)18)3-2-4-10(12)16/h1-5,13-14,17,19-26,28-29H,6-7H2;2-6,16-17H,1H3/t13-,14-,17-,19+,20-,21+;/m1./s1. The van der Waals surface area contributed by atoms with Crippen LogP contribution in [0.2, 0.25) is 0 Å². The van der Waals surface area contributed by atoms with Gasteiger partial charge in [-0.25, -0.2) is 0 Å². The lowest BCUT2D eigenvalue weighted by molar-refractivity contribution is -0.232. The maximum Gasteiger partial charge on any atom is 0.201 e. The normalized spacial score (nSPS) is 23.8. The molecule has 2 aliphatic carbocycles. The Hall–Kier alpha value is -5.15. The lowest BCUT2D eigenvalue weighted by Crippen LogP contribution is -2.60. The minimum absolute atomic E-state index is 0.0374. The van der Waals surface area contributed by atoms with Crippen molar-refractivity contribution in [3.05, 3.63) is 116 Å². The zero-order chi connectivity index (χ0) is 35.5. The third-order valence-electron chi connectivity index (χ3n) is 9.09. The van der Waals surface area contributed by atoms with Gasteiger partial charge in [-0.05, 0) is 59.5 Å². The molecular formula is C36H32O13. The van der Waals surface area contributed by atoms with Crippen molar-refractivity contribution in [1.29, 1.82) is 0 Å². The number of aryl methyl sites for hydroxylation is 1. The predicted octanol–water partition coefficient (Wildman–Crippen LogP) is 1.29. The van der Waals surface area contributed by atoms with E-state index in [0.717, 1.165) is 0 Å². The van der Waals surface area contributed by atoms with Crippen LogP contribution in [0.25, 0.3) is 0 Å². The third-order valence-corrected chi connectivity index (χ3v) is 9.09. The molecule has 9 N–H and O–H groups in total. The fourth-order valence-electron chi connectivity index (χ4n) is 6.83. The Morgan fingerprint density at radius 3 is 1.88 bits per heavy atom. The molecule has 1 saturated heterocycles. The molecule has 1 aliphatic heterocycles. The summed E-state index contributed by atoms with van der Waals surface area (Å²) in [6.45, 7) is 0.674. The Labute approximate surface area is 278 Å². The van der Waals surface area contributed by atoms with Crippen molar-refractivity contribution in [2.45, 2.75) is 50.0 Å². The van der Waals surface area contributed by atoms with E-state index < -0.39 is 67.0 Å². The van der Waals surface area contributed by atoms with Crippen molar-refractivity contribution in [2.24, 2.45) is 0 Å². The Morgan fingerprint density at radius 2 is 1.20 bits per heavy atom. The average molecular weight is 673 g/mol. The maximum absolute atomic E-state index is 13.1. The van der Waals surface area contributed by atoms with E-state index in [4.69, 9.17) is 4.74 Å². The summed E-state index contributed by atoms with van der Waals surface area (Å²) in [5.74, 6) is -3.71. The summed E-state index contributed by atoms with van der Waals surface area (Å²) < 4.78 is 5.73. The number of ether oxygens (including phenoxy) is 1. The number of aliphatic hydroxyl groups is 5. The molecule has 7 rings (SSSR count). The largest absolute Gasteiger partial charge is 0.507 e. The molecular weight excluding hydrogens is 640 g/mol. The number of phenolic OH excluding ortho intramolecular Hbond substituents is 4. The summed E-state index contributed by atoms with van der Waals surface area (Å²) in [6, 6.07) is 14.4. The molecule has 6 atom stereocenters. The van der Waals surface area contributed by atoms with Gasteiger partial charge in [0.15, 0.2) is 5.78 Å². The first-order chi connectivity index (χ1) is 23.3. The molecule has 0 radical (unpaired) electrons. The van der Waals surface area contributed by atoms with Crippen LogP contribution >= 0.6 is 0 Å². The van der Waals surface area contributed by atoms with Crippen molar-refractivity contribution in [3.63, 3.8) is 0 Å². The van der Waals surface area contributed by atoms with Crippen LogP contribution in [0.3, 0.4) is 0 Å². The molecule has 13 heteroatoms. The number of benzene rings is 4. The summed E-state index contributed by atoms with van der Waals surface area (Å²) >= 11 is 0. The second-order valence-electron chi connectivity index (χ2n) is 12.1. The van der Waals surface area contributed by atoms with Gasteiger partial charge in [-0.1, -0.05) is 30.3 Å². The minimum atomic E-state index is -1.64. The van der Waals surface area contributed by atoms with Crippen LogP contribution in [-0.2, 0) is 11.3 Å². The van der Waals surface area contributed by atoms with E-state index in [1.54, 1.807) is 19.1 Å². The van der Waals surface area contributed by atoms with E-state index in [1.165, 1.54) is 48.5 Å². The second kappa shape index (κ2) is 12.7. The van der Waals surface area contributed by atoms with Crippen molar-refractivity contribution >= 4 is 17.3 Å². The van der Waals surface area contributed by atoms with Gasteiger partial charge < -0.3 is 50.7 Å². The molecule has 0 bridgehead atoms. The number of hydrogen-bond acceptors (Lipinski definition) is 13. The molecule has 4 aromatic carbocycles. The molecule has 254 valence electrons. The summed E-state index contributed by atoms with van der Waals surface area (Å²) in [6.07, 6.45) is -7.22. The van der Waals surface area contributed by atoms with E-state index in [0.29, 0.717) is 11.1 Å². The van der Waals surface area contributed by atoms with Gasteiger partial charge in [0.25, 0.3) is 0 Å². The number of fused-ring (bicyclic) bond motifs is 4. The monoisotopic (exact) mass is 672 g/mol. The van der Waals surface area contributed by atoms with Crippen LogP contribution in [0.1, 0.15) is 75.9 Å². The first kappa shape index (κ1) is 33.7. The molecule has 13 nitrogen and oxygen atoms in total. The van der Waals surface area contributed by atoms with Gasteiger partial charge in [-0.3, -0.25) is 14.4 Å². The van der Waals surface area contributed by atoms with Gasteiger partial charge >= 0.3 is 0 Å². The number of aliphatic hydroxyl groups excluding tert-OH is 5. The van der Waals surface area contributed by atoms with Crippen LogP contribution in [0.15, 0.2) is 60.7 Å². The molecule has 1 heterocycles. The van der Waals surface area contributed by atoms with E-state index in [1.807, 2.05) is 0 Å². The van der Waals surface area contributed by atoms with E-state index in [9.17, 15) is 60.3 Å². The predicted molar refractivity (Wildman–Crippen MR) is 169 cm³/mol. The van der Waals surface area contributed by atoms with Crippen molar-refractivity contribution in [3.8, 4) is 23.0 Å². The topological polar surface area (TPSA) is 243 Å². The number of rotatable bonds is 3. The van der Waals surface area contributed by atoms with E-state index in [2.05, 4.69) is 0 Å². The zero-order valence-electron chi connectivity index (χ0n) is 25.8. The Morgan fingerprint density at radius 1 is 0.612 bits per heavy atom. The Bertz CT molecular complexity index is 2020. The number of carbonyl (C=O) groups excluding carboxylic acids is 3. The quantitative estimate of drug-likeness (QED) is 0.131. The highest BCUT2D eigenvalue weighted by Crippen LogP contribution is 2.47. The first-order valence-corrected chi connectivity index (χ1v) is 15.2. The van der Waals surface area contributed by atoms with Gasteiger partial charge in [0.1, 0.15) is 47.4 Å². The fourth-order valence-corrected chi connectivity index (χ4v) is 6.83. The van der Waals surface area contributed by atoms with Crippen LogP contribution in [0.4, 0.5) is 0 Å². The zero-order valence-corrected chi connectivity index (χ0v) is 25.8. The van der Waals surface area contributed by atoms with Gasteiger partial charge in [0.2, 0.25) is 11.6 Å². The summed E-state index contributed by atoms with van der Waals surface area (Å²) in [5.41, 5.74) is 1.57. The van der Waals surface area contributed by atoms with Gasteiger partial charge in [-0.2, -0.15) is 0 Å². The lowest BCUT2D eigenvalue weighted by atomic mass is 9.71. The van der Waals surface area contributed by atoms with Crippen molar-refractivity contribution in [2.75, 3.05) is 6.61 Å². The third kappa shape index (κ3) is 5.42. The number of aromatic hydroxyl groups is 4. The number of ketones is 3. The van der Waals surface area contributed by atoms with Crippen LogP contribution in [0.5, 0.6) is 23.0 Å². The van der Waals surface area contributed by atoms with Crippen molar-refractivity contribution < 1.29 is 65.1 Å². The lowest BCUT2D eigenvalue weighted by Gasteiger charge is -2.45. The van der Waals surface area contributed by atoms with Crippen LogP contribution < -0.4 is 0 Å². The molecule has 0 aromatic heterocycles.